The second-order valence-corrected chi connectivity index (χ2v) is 13.7. The summed E-state index contributed by atoms with van der Waals surface area (Å²) in [5.74, 6) is 0. The third-order valence-electron chi connectivity index (χ3n) is 10.6. The first-order chi connectivity index (χ1) is 26.3. The number of benzene rings is 10. The van der Waals surface area contributed by atoms with Gasteiger partial charge >= 0.3 is 0 Å². The Morgan fingerprint density at radius 2 is 0.679 bits per heavy atom. The highest BCUT2D eigenvalue weighted by Gasteiger charge is 2.20. The van der Waals surface area contributed by atoms with Gasteiger partial charge in [-0.2, -0.15) is 0 Å². The molecule has 0 fully saturated rings. The number of nitrogens with zero attached hydrogens (tertiary/aromatic N) is 1. The SMILES string of the molecule is c1ccc(-c2c(-c3ccccc3)c3cc(-c4ccc(N(c5cccc6ccccc56)c5cccc6ccccc56)cc4)ccc3c3ccccc23)cc1. The Kier molecular flexibility index (Phi) is 7.55. The molecule has 248 valence electrons. The van der Waals surface area contributed by atoms with E-state index in [2.05, 4.69) is 217 Å². The lowest BCUT2D eigenvalue weighted by atomic mass is 9.84. The van der Waals surface area contributed by atoms with Crippen molar-refractivity contribution < 1.29 is 0 Å². The van der Waals surface area contributed by atoms with Gasteiger partial charge in [0.2, 0.25) is 0 Å². The predicted octanol–water partition coefficient (Wildman–Crippen LogP) is 14.8. The molecule has 10 aromatic rings. The molecule has 0 unspecified atom stereocenters. The highest BCUT2D eigenvalue weighted by atomic mass is 15.1. The topological polar surface area (TPSA) is 3.24 Å². The van der Waals surface area contributed by atoms with Crippen LogP contribution in [0.5, 0.6) is 0 Å². The predicted molar refractivity (Wildman–Crippen MR) is 227 cm³/mol. The van der Waals surface area contributed by atoms with Gasteiger partial charge < -0.3 is 4.90 Å². The summed E-state index contributed by atoms with van der Waals surface area (Å²) in [5, 5.41) is 9.93. The van der Waals surface area contributed by atoms with E-state index in [9.17, 15) is 0 Å². The zero-order valence-electron chi connectivity index (χ0n) is 29.2. The molecule has 0 spiro atoms. The summed E-state index contributed by atoms with van der Waals surface area (Å²) in [5.41, 5.74) is 10.8. The molecule has 0 saturated heterocycles. The molecule has 0 saturated carbocycles. The van der Waals surface area contributed by atoms with Crippen molar-refractivity contribution in [3.8, 4) is 33.4 Å². The van der Waals surface area contributed by atoms with Crippen LogP contribution in [0, 0.1) is 0 Å². The van der Waals surface area contributed by atoms with E-state index >= 15 is 0 Å². The quantitative estimate of drug-likeness (QED) is 0.159. The van der Waals surface area contributed by atoms with Gasteiger partial charge in [-0.15, -0.1) is 0 Å². The van der Waals surface area contributed by atoms with E-state index in [4.69, 9.17) is 0 Å². The number of fused-ring (bicyclic) bond motifs is 5. The molecule has 10 aromatic carbocycles. The second-order valence-electron chi connectivity index (χ2n) is 13.7. The molecule has 0 aliphatic rings. The van der Waals surface area contributed by atoms with Gasteiger partial charge in [-0.25, -0.2) is 0 Å². The van der Waals surface area contributed by atoms with Gasteiger partial charge in [0.05, 0.1) is 11.4 Å². The zero-order valence-corrected chi connectivity index (χ0v) is 29.2. The van der Waals surface area contributed by atoms with E-state index in [0.29, 0.717) is 0 Å². The van der Waals surface area contributed by atoms with Gasteiger partial charge in [0.25, 0.3) is 0 Å². The lowest BCUT2D eigenvalue weighted by molar-refractivity contribution is 1.31. The summed E-state index contributed by atoms with van der Waals surface area (Å²) in [7, 11) is 0. The third-order valence-corrected chi connectivity index (χ3v) is 10.6. The first-order valence-electron chi connectivity index (χ1n) is 18.3. The fourth-order valence-corrected chi connectivity index (χ4v) is 8.20. The average molecular weight is 674 g/mol. The maximum absolute atomic E-state index is 2.42. The Balaban J connectivity index is 1.17. The fourth-order valence-electron chi connectivity index (χ4n) is 8.20. The molecule has 53 heavy (non-hydrogen) atoms. The maximum atomic E-state index is 2.42. The van der Waals surface area contributed by atoms with Gasteiger partial charge in [-0.3, -0.25) is 0 Å². The van der Waals surface area contributed by atoms with Crippen LogP contribution in [0.25, 0.3) is 76.5 Å². The van der Waals surface area contributed by atoms with Crippen molar-refractivity contribution in [2.24, 2.45) is 0 Å². The Bertz CT molecular complexity index is 2840. The van der Waals surface area contributed by atoms with Crippen LogP contribution in [-0.4, -0.2) is 0 Å². The average Bonchev–Trinajstić information content (AvgIpc) is 3.24. The van der Waals surface area contributed by atoms with Crippen LogP contribution < -0.4 is 4.90 Å². The van der Waals surface area contributed by atoms with Crippen LogP contribution in [0.4, 0.5) is 17.1 Å². The van der Waals surface area contributed by atoms with E-state index < -0.39 is 0 Å². The summed E-state index contributed by atoms with van der Waals surface area (Å²) in [6, 6.07) is 77.2. The highest BCUT2D eigenvalue weighted by Crippen LogP contribution is 2.46. The smallest absolute Gasteiger partial charge is 0.0540 e. The monoisotopic (exact) mass is 673 g/mol. The molecule has 0 radical (unpaired) electrons. The molecule has 0 aliphatic heterocycles. The van der Waals surface area contributed by atoms with E-state index in [1.54, 1.807) is 0 Å². The molecule has 0 N–H and O–H groups in total. The molecule has 0 aliphatic carbocycles. The van der Waals surface area contributed by atoms with Gasteiger partial charge in [-0.1, -0.05) is 182 Å². The number of hydrogen-bond acceptors (Lipinski definition) is 1. The van der Waals surface area contributed by atoms with Crippen LogP contribution in [0.1, 0.15) is 0 Å². The van der Waals surface area contributed by atoms with E-state index in [-0.39, 0.29) is 0 Å². The number of anilines is 3. The Hall–Kier alpha value is -6.96. The highest BCUT2D eigenvalue weighted by molar-refractivity contribution is 6.22. The van der Waals surface area contributed by atoms with Crippen molar-refractivity contribution in [1.29, 1.82) is 0 Å². The summed E-state index contributed by atoms with van der Waals surface area (Å²) >= 11 is 0. The standard InChI is InChI=1S/C52H35N/c1-3-17-39(18-4-1)51-47-26-12-11-25-45(47)46-34-31-41(35-48(46)52(51)40-19-5-2-6-20-40)36-29-32-42(33-30-36)53(49-27-13-21-37-15-7-9-23-43(37)49)50-28-14-22-38-16-8-10-24-44(38)50/h1-35H. The molecular weight excluding hydrogens is 639 g/mol. The zero-order chi connectivity index (χ0) is 35.1. The fraction of sp³-hybridized carbons (Fsp3) is 0. The van der Waals surface area contributed by atoms with Gasteiger partial charge in [0, 0.05) is 16.5 Å². The minimum Gasteiger partial charge on any atom is -0.309 e. The van der Waals surface area contributed by atoms with E-state index in [1.807, 2.05) is 0 Å². The van der Waals surface area contributed by atoms with Crippen LogP contribution in [0.2, 0.25) is 0 Å². The lowest BCUT2D eigenvalue weighted by Crippen LogP contribution is -2.11. The first kappa shape index (κ1) is 30.8. The van der Waals surface area contributed by atoms with Crippen LogP contribution >= 0.6 is 0 Å². The van der Waals surface area contributed by atoms with Crippen molar-refractivity contribution in [3.05, 3.63) is 212 Å². The van der Waals surface area contributed by atoms with Gasteiger partial charge in [0.15, 0.2) is 0 Å². The minimum atomic E-state index is 1.12. The van der Waals surface area contributed by atoms with Gasteiger partial charge in [-0.05, 0) is 96.0 Å². The molecule has 0 bridgehead atoms. The van der Waals surface area contributed by atoms with Crippen LogP contribution in [-0.2, 0) is 0 Å². The molecular formula is C52H35N. The van der Waals surface area contributed by atoms with Crippen molar-refractivity contribution in [1.82, 2.24) is 0 Å². The van der Waals surface area contributed by atoms with Crippen molar-refractivity contribution in [2.45, 2.75) is 0 Å². The molecule has 0 amide bonds. The Morgan fingerprint density at radius 1 is 0.245 bits per heavy atom. The molecule has 1 heteroatoms. The van der Waals surface area contributed by atoms with E-state index in [1.165, 1.54) is 76.5 Å². The third kappa shape index (κ3) is 5.34. The molecule has 1 nitrogen and oxygen atoms in total. The first-order valence-corrected chi connectivity index (χ1v) is 18.3. The summed E-state index contributed by atoms with van der Waals surface area (Å²) < 4.78 is 0. The Labute approximate surface area is 309 Å². The minimum absolute atomic E-state index is 1.12. The lowest BCUT2D eigenvalue weighted by Gasteiger charge is -2.28. The van der Waals surface area contributed by atoms with E-state index in [0.717, 1.165) is 17.1 Å². The molecule has 10 rings (SSSR count). The maximum Gasteiger partial charge on any atom is 0.0540 e. The second kappa shape index (κ2) is 13.0. The van der Waals surface area contributed by atoms with Crippen molar-refractivity contribution in [2.75, 3.05) is 4.90 Å². The Morgan fingerprint density at radius 3 is 1.26 bits per heavy atom. The van der Waals surface area contributed by atoms with Crippen LogP contribution in [0.3, 0.4) is 0 Å². The molecule has 0 aromatic heterocycles. The molecule has 0 atom stereocenters. The number of rotatable bonds is 6. The van der Waals surface area contributed by atoms with Crippen molar-refractivity contribution >= 4 is 60.2 Å². The molecule has 0 heterocycles. The normalized spacial score (nSPS) is 11.4. The summed E-state index contributed by atoms with van der Waals surface area (Å²) in [4.78, 5) is 2.42. The summed E-state index contributed by atoms with van der Waals surface area (Å²) in [6.45, 7) is 0. The summed E-state index contributed by atoms with van der Waals surface area (Å²) in [6.07, 6.45) is 0. The van der Waals surface area contributed by atoms with Crippen molar-refractivity contribution in [3.63, 3.8) is 0 Å². The van der Waals surface area contributed by atoms with Crippen LogP contribution in [0.15, 0.2) is 212 Å². The largest absolute Gasteiger partial charge is 0.309 e. The number of hydrogen-bond donors (Lipinski definition) is 0. The van der Waals surface area contributed by atoms with Gasteiger partial charge in [0.1, 0.15) is 0 Å².